The Hall–Kier alpha value is -2.50. The summed E-state index contributed by atoms with van der Waals surface area (Å²) in [5, 5.41) is 3.03. The fraction of sp³-hybridized carbons (Fsp3) is 0.500. The number of amides is 1. The first-order valence-corrected chi connectivity index (χ1v) is 8.78. The van der Waals surface area contributed by atoms with Crippen LogP contribution in [-0.2, 0) is 11.2 Å². The third-order valence-corrected chi connectivity index (χ3v) is 3.94. The van der Waals surface area contributed by atoms with Crippen LogP contribution < -0.4 is 10.9 Å². The van der Waals surface area contributed by atoms with Gasteiger partial charge in [-0.2, -0.15) is 0 Å². The number of carbonyl (C=O) groups is 1. The first-order valence-electron chi connectivity index (χ1n) is 8.78. The maximum absolute atomic E-state index is 12.5. The summed E-state index contributed by atoms with van der Waals surface area (Å²) >= 11 is 0. The molecular weight excluding hydrogens is 328 g/mol. The smallest absolute Gasteiger partial charge is 0.255 e. The highest BCUT2D eigenvalue weighted by molar-refractivity contribution is 5.79. The second-order valence-corrected chi connectivity index (χ2v) is 8.57. The Labute approximate surface area is 154 Å². The van der Waals surface area contributed by atoms with E-state index in [0.717, 1.165) is 12.0 Å². The number of nitrogens with one attached hydrogen (secondary N) is 2. The summed E-state index contributed by atoms with van der Waals surface area (Å²) in [6.45, 7) is 12.1. The van der Waals surface area contributed by atoms with Crippen molar-refractivity contribution in [3.05, 3.63) is 46.1 Å². The predicted molar refractivity (Wildman–Crippen MR) is 103 cm³/mol. The Bertz CT molecular complexity index is 833. The molecule has 2 aromatic heterocycles. The van der Waals surface area contributed by atoms with Gasteiger partial charge < -0.3 is 10.3 Å². The highest BCUT2D eigenvalue weighted by Crippen LogP contribution is 2.26. The van der Waals surface area contributed by atoms with Gasteiger partial charge in [0.15, 0.2) is 0 Å². The Balaban J connectivity index is 2.17. The van der Waals surface area contributed by atoms with Crippen LogP contribution >= 0.6 is 0 Å². The standard InChI is InChI=1S/C20H28N4O2/c1-13-15(10-16(25)24-20(5,6)12-19(2,3)4)18(26)23-17(22-13)14-8-7-9-21-11-14/h7-9,11H,10,12H2,1-6H3,(H,24,25)(H,22,23,26). The molecule has 2 aromatic rings. The number of aryl methyl sites for hydroxylation is 1. The van der Waals surface area contributed by atoms with Crippen molar-refractivity contribution in [3.63, 3.8) is 0 Å². The van der Waals surface area contributed by atoms with Crippen LogP contribution in [0.2, 0.25) is 0 Å². The molecule has 26 heavy (non-hydrogen) atoms. The minimum absolute atomic E-state index is 0.00899. The minimum atomic E-state index is -0.348. The van der Waals surface area contributed by atoms with Crippen LogP contribution in [0.4, 0.5) is 0 Å². The van der Waals surface area contributed by atoms with E-state index in [1.165, 1.54) is 0 Å². The lowest BCUT2D eigenvalue weighted by atomic mass is 9.81. The number of hydrogen-bond donors (Lipinski definition) is 2. The van der Waals surface area contributed by atoms with E-state index < -0.39 is 0 Å². The van der Waals surface area contributed by atoms with Crippen molar-refractivity contribution in [1.29, 1.82) is 0 Å². The first kappa shape index (κ1) is 19.8. The molecule has 0 saturated heterocycles. The van der Waals surface area contributed by atoms with Crippen molar-refractivity contribution in [2.75, 3.05) is 0 Å². The normalized spacial score (nSPS) is 12.1. The highest BCUT2D eigenvalue weighted by atomic mass is 16.2. The number of carbonyl (C=O) groups excluding carboxylic acids is 1. The molecule has 2 rings (SSSR count). The molecule has 0 fully saturated rings. The van der Waals surface area contributed by atoms with Crippen molar-refractivity contribution in [1.82, 2.24) is 20.3 Å². The summed E-state index contributed by atoms with van der Waals surface area (Å²) in [5.41, 5.74) is 1.13. The highest BCUT2D eigenvalue weighted by Gasteiger charge is 2.27. The maximum Gasteiger partial charge on any atom is 0.255 e. The molecule has 0 aromatic carbocycles. The molecule has 0 spiro atoms. The van der Waals surface area contributed by atoms with Gasteiger partial charge in [0.1, 0.15) is 5.82 Å². The summed E-state index contributed by atoms with van der Waals surface area (Å²) < 4.78 is 0. The average molecular weight is 356 g/mol. The monoisotopic (exact) mass is 356 g/mol. The van der Waals surface area contributed by atoms with Gasteiger partial charge in [0.2, 0.25) is 5.91 Å². The molecule has 6 heteroatoms. The van der Waals surface area contributed by atoms with Gasteiger partial charge in [0, 0.05) is 34.8 Å². The fourth-order valence-corrected chi connectivity index (χ4v) is 3.41. The zero-order chi connectivity index (χ0) is 19.5. The van der Waals surface area contributed by atoms with Crippen molar-refractivity contribution < 1.29 is 4.79 Å². The van der Waals surface area contributed by atoms with Gasteiger partial charge in [-0.3, -0.25) is 14.6 Å². The van der Waals surface area contributed by atoms with Crippen LogP contribution in [-0.4, -0.2) is 26.4 Å². The van der Waals surface area contributed by atoms with Gasteiger partial charge in [-0.15, -0.1) is 0 Å². The molecule has 0 aliphatic carbocycles. The number of pyridine rings is 1. The van der Waals surface area contributed by atoms with E-state index in [1.807, 2.05) is 19.9 Å². The summed E-state index contributed by atoms with van der Waals surface area (Å²) in [6, 6.07) is 3.61. The van der Waals surface area contributed by atoms with Crippen molar-refractivity contribution in [3.8, 4) is 11.4 Å². The van der Waals surface area contributed by atoms with Gasteiger partial charge in [-0.05, 0) is 44.7 Å². The van der Waals surface area contributed by atoms with Crippen LogP contribution in [0, 0.1) is 12.3 Å². The minimum Gasteiger partial charge on any atom is -0.351 e. The Morgan fingerprint density at radius 1 is 1.23 bits per heavy atom. The van der Waals surface area contributed by atoms with E-state index in [0.29, 0.717) is 17.1 Å². The number of aromatic amines is 1. The SMILES string of the molecule is Cc1nc(-c2cccnc2)[nH]c(=O)c1CC(=O)NC(C)(C)CC(C)(C)C. The van der Waals surface area contributed by atoms with Crippen LogP contribution in [0.3, 0.4) is 0 Å². The summed E-state index contributed by atoms with van der Waals surface area (Å²) in [4.78, 5) is 36.2. The van der Waals surface area contributed by atoms with E-state index >= 15 is 0 Å². The summed E-state index contributed by atoms with van der Waals surface area (Å²) in [7, 11) is 0. The molecule has 0 unspecified atom stereocenters. The number of nitrogens with zero attached hydrogens (tertiary/aromatic N) is 2. The third-order valence-electron chi connectivity index (χ3n) is 3.94. The lowest BCUT2D eigenvalue weighted by Crippen LogP contribution is -2.46. The van der Waals surface area contributed by atoms with E-state index in [-0.39, 0.29) is 28.8 Å². The molecule has 0 radical (unpaired) electrons. The molecular formula is C20H28N4O2. The van der Waals surface area contributed by atoms with E-state index in [9.17, 15) is 9.59 Å². The Morgan fingerprint density at radius 2 is 1.92 bits per heavy atom. The molecule has 140 valence electrons. The second-order valence-electron chi connectivity index (χ2n) is 8.57. The molecule has 0 saturated carbocycles. The third kappa shape index (κ3) is 5.51. The van der Waals surface area contributed by atoms with Crippen LogP contribution in [0.25, 0.3) is 11.4 Å². The van der Waals surface area contributed by atoms with Crippen molar-refractivity contribution in [2.24, 2.45) is 5.41 Å². The quantitative estimate of drug-likeness (QED) is 0.862. The van der Waals surface area contributed by atoms with E-state index in [1.54, 1.807) is 25.4 Å². The second kappa shape index (κ2) is 7.40. The number of aromatic nitrogens is 3. The fourth-order valence-electron chi connectivity index (χ4n) is 3.41. The molecule has 0 aliphatic rings. The average Bonchev–Trinajstić information content (AvgIpc) is 2.48. The predicted octanol–water partition coefficient (Wildman–Crippen LogP) is 3.01. The van der Waals surface area contributed by atoms with Crippen LogP contribution in [0.1, 0.15) is 52.3 Å². The number of hydrogen-bond acceptors (Lipinski definition) is 4. The van der Waals surface area contributed by atoms with Gasteiger partial charge in [0.25, 0.3) is 5.56 Å². The van der Waals surface area contributed by atoms with Gasteiger partial charge in [-0.25, -0.2) is 4.98 Å². The van der Waals surface area contributed by atoms with Crippen molar-refractivity contribution in [2.45, 2.75) is 59.9 Å². The zero-order valence-electron chi connectivity index (χ0n) is 16.4. The van der Waals surface area contributed by atoms with Gasteiger partial charge in [-0.1, -0.05) is 20.8 Å². The Morgan fingerprint density at radius 3 is 2.46 bits per heavy atom. The van der Waals surface area contributed by atoms with E-state index in [4.69, 9.17) is 0 Å². The lowest BCUT2D eigenvalue weighted by Gasteiger charge is -2.33. The molecule has 2 heterocycles. The maximum atomic E-state index is 12.5. The summed E-state index contributed by atoms with van der Waals surface area (Å²) in [6.07, 6.45) is 4.14. The number of H-pyrrole nitrogens is 1. The zero-order valence-corrected chi connectivity index (χ0v) is 16.4. The molecule has 6 nitrogen and oxygen atoms in total. The first-order chi connectivity index (χ1) is 12.0. The molecule has 0 aliphatic heterocycles. The van der Waals surface area contributed by atoms with Gasteiger partial charge >= 0.3 is 0 Å². The molecule has 0 atom stereocenters. The van der Waals surface area contributed by atoms with Crippen LogP contribution in [0.5, 0.6) is 0 Å². The van der Waals surface area contributed by atoms with E-state index in [2.05, 4.69) is 41.0 Å². The summed E-state index contributed by atoms with van der Waals surface area (Å²) in [5.74, 6) is 0.279. The number of rotatable bonds is 5. The largest absolute Gasteiger partial charge is 0.351 e. The van der Waals surface area contributed by atoms with Crippen LogP contribution in [0.15, 0.2) is 29.3 Å². The molecule has 1 amide bonds. The van der Waals surface area contributed by atoms with Gasteiger partial charge in [0.05, 0.1) is 6.42 Å². The molecule has 0 bridgehead atoms. The van der Waals surface area contributed by atoms with Crippen molar-refractivity contribution >= 4 is 5.91 Å². The lowest BCUT2D eigenvalue weighted by molar-refractivity contribution is -0.122. The molecule has 2 N–H and O–H groups in total. The Kier molecular flexibility index (Phi) is 5.64. The topological polar surface area (TPSA) is 87.7 Å².